The van der Waals surface area contributed by atoms with Crippen LogP contribution in [0.15, 0.2) is 24.3 Å². The van der Waals surface area contributed by atoms with Crippen LogP contribution in [-0.4, -0.2) is 23.7 Å². The van der Waals surface area contributed by atoms with Crippen molar-refractivity contribution in [2.24, 2.45) is 5.73 Å². The van der Waals surface area contributed by atoms with E-state index in [9.17, 15) is 9.59 Å². The number of nitrogens with two attached hydrogens (primary N) is 1. The number of urea groups is 1. The lowest BCUT2D eigenvalue weighted by Gasteiger charge is -2.15. The number of rotatable bonds is 5. The Balaban J connectivity index is 2.77. The molecule has 0 bridgehead atoms. The summed E-state index contributed by atoms with van der Waals surface area (Å²) >= 11 is 5.74. The summed E-state index contributed by atoms with van der Waals surface area (Å²) in [4.78, 5) is 21.3. The second-order valence-corrected chi connectivity index (χ2v) is 4.03. The summed E-state index contributed by atoms with van der Waals surface area (Å²) in [6.45, 7) is 0.184. The van der Waals surface area contributed by atoms with Gasteiger partial charge in [0.25, 0.3) is 0 Å². The number of amides is 2. The fourth-order valence-electron chi connectivity index (χ4n) is 1.48. The summed E-state index contributed by atoms with van der Waals surface area (Å²) in [6.07, 6.45) is -0.0814. The van der Waals surface area contributed by atoms with Gasteiger partial charge >= 0.3 is 12.0 Å². The highest BCUT2D eigenvalue weighted by Crippen LogP contribution is 2.21. The van der Waals surface area contributed by atoms with Crippen LogP contribution in [0.25, 0.3) is 0 Å². The lowest BCUT2D eigenvalue weighted by molar-refractivity contribution is -0.137. The van der Waals surface area contributed by atoms with Crippen molar-refractivity contribution in [1.29, 1.82) is 0 Å². The monoisotopic (exact) mass is 256 g/mol. The molecule has 2 amide bonds. The summed E-state index contributed by atoms with van der Waals surface area (Å²) in [5, 5.41) is 11.8. The number of hydrogen-bond acceptors (Lipinski definition) is 2. The van der Waals surface area contributed by atoms with Crippen molar-refractivity contribution in [3.63, 3.8) is 0 Å². The minimum Gasteiger partial charge on any atom is -0.481 e. The first-order valence-corrected chi connectivity index (χ1v) is 5.37. The number of hydrogen-bond donors (Lipinski definition) is 3. The smallest absolute Gasteiger partial charge is 0.312 e. The molecule has 0 aromatic heterocycles. The second kappa shape index (κ2) is 6.10. The van der Waals surface area contributed by atoms with Crippen molar-refractivity contribution in [2.75, 3.05) is 6.54 Å². The first-order valence-electron chi connectivity index (χ1n) is 4.99. The molecule has 1 aromatic rings. The maximum absolute atomic E-state index is 10.7. The third-order valence-corrected chi connectivity index (χ3v) is 2.54. The predicted molar refractivity (Wildman–Crippen MR) is 64.0 cm³/mol. The maximum Gasteiger partial charge on any atom is 0.312 e. The number of carbonyl (C=O) groups excluding carboxylic acids is 1. The Hall–Kier alpha value is -1.75. The van der Waals surface area contributed by atoms with Crippen molar-refractivity contribution in [2.45, 2.75) is 12.3 Å². The van der Waals surface area contributed by atoms with Crippen LogP contribution in [0.5, 0.6) is 0 Å². The van der Waals surface area contributed by atoms with Crippen LogP contribution in [0.4, 0.5) is 4.79 Å². The predicted octanol–water partition coefficient (Wildman–Crippen LogP) is 1.57. The number of primary amides is 1. The number of nitrogens with one attached hydrogen (secondary N) is 1. The Morgan fingerprint density at radius 1 is 1.35 bits per heavy atom. The highest BCUT2D eigenvalue weighted by Gasteiger charge is 2.16. The molecule has 6 heteroatoms. The van der Waals surface area contributed by atoms with Crippen molar-refractivity contribution in [1.82, 2.24) is 5.32 Å². The number of benzene rings is 1. The van der Waals surface area contributed by atoms with Gasteiger partial charge in [-0.3, -0.25) is 4.79 Å². The third-order valence-electron chi connectivity index (χ3n) is 2.29. The molecule has 0 radical (unpaired) electrons. The van der Waals surface area contributed by atoms with E-state index in [0.29, 0.717) is 5.02 Å². The quantitative estimate of drug-likeness (QED) is 0.746. The summed E-state index contributed by atoms with van der Waals surface area (Å²) in [5.74, 6) is -1.26. The number of carbonyl (C=O) groups is 2. The molecule has 17 heavy (non-hydrogen) atoms. The SMILES string of the molecule is NC(=O)NCC(CC(=O)O)c1ccc(Cl)cc1. The minimum atomic E-state index is -0.934. The van der Waals surface area contributed by atoms with E-state index < -0.39 is 12.0 Å². The average Bonchev–Trinajstić information content (AvgIpc) is 2.25. The molecular weight excluding hydrogens is 244 g/mol. The Morgan fingerprint density at radius 2 is 1.94 bits per heavy atom. The molecule has 4 N–H and O–H groups in total. The molecule has 1 unspecified atom stereocenters. The number of halogens is 1. The van der Waals surface area contributed by atoms with Gasteiger partial charge in [0.1, 0.15) is 0 Å². The van der Waals surface area contributed by atoms with E-state index in [4.69, 9.17) is 22.4 Å². The zero-order valence-corrected chi connectivity index (χ0v) is 9.78. The molecule has 92 valence electrons. The number of aliphatic carboxylic acids is 1. The highest BCUT2D eigenvalue weighted by atomic mass is 35.5. The van der Waals surface area contributed by atoms with Gasteiger partial charge in [0.2, 0.25) is 0 Å². The first kappa shape index (κ1) is 13.3. The molecule has 0 spiro atoms. The molecule has 0 aliphatic heterocycles. The van der Waals surface area contributed by atoms with Gasteiger partial charge in [0, 0.05) is 17.5 Å². The average molecular weight is 257 g/mol. The van der Waals surface area contributed by atoms with Crippen molar-refractivity contribution >= 4 is 23.6 Å². The van der Waals surface area contributed by atoms with Crippen molar-refractivity contribution < 1.29 is 14.7 Å². The molecule has 5 nitrogen and oxygen atoms in total. The molecule has 0 saturated carbocycles. The third kappa shape index (κ3) is 4.74. The van der Waals surface area contributed by atoms with Gasteiger partial charge in [-0.05, 0) is 17.7 Å². The van der Waals surface area contributed by atoms with Crippen LogP contribution in [-0.2, 0) is 4.79 Å². The molecule has 0 aliphatic rings. The summed E-state index contributed by atoms with van der Waals surface area (Å²) in [6, 6.07) is 6.15. The Bertz CT molecular complexity index is 406. The molecule has 0 heterocycles. The Kier molecular flexibility index (Phi) is 4.78. The Morgan fingerprint density at radius 3 is 2.41 bits per heavy atom. The molecular formula is C11H13ClN2O3. The van der Waals surface area contributed by atoms with Crippen LogP contribution in [0.2, 0.25) is 5.02 Å². The Labute approximate surface area is 104 Å². The van der Waals surface area contributed by atoms with E-state index in [2.05, 4.69) is 5.32 Å². The van der Waals surface area contributed by atoms with Crippen LogP contribution in [0.3, 0.4) is 0 Å². The van der Waals surface area contributed by atoms with Gasteiger partial charge in [0.15, 0.2) is 0 Å². The van der Waals surface area contributed by atoms with E-state index in [-0.39, 0.29) is 18.9 Å². The summed E-state index contributed by atoms with van der Waals surface area (Å²) in [5.41, 5.74) is 5.75. The van der Waals surface area contributed by atoms with Crippen LogP contribution in [0, 0.1) is 0 Å². The lowest BCUT2D eigenvalue weighted by Crippen LogP contribution is -2.33. The normalized spacial score (nSPS) is 11.8. The van der Waals surface area contributed by atoms with E-state index >= 15 is 0 Å². The zero-order chi connectivity index (χ0) is 12.8. The van der Waals surface area contributed by atoms with E-state index in [0.717, 1.165) is 5.56 Å². The van der Waals surface area contributed by atoms with Crippen molar-refractivity contribution in [3.05, 3.63) is 34.9 Å². The molecule has 1 rings (SSSR count). The minimum absolute atomic E-state index is 0.0814. The second-order valence-electron chi connectivity index (χ2n) is 3.59. The number of carboxylic acids is 1. The maximum atomic E-state index is 10.7. The molecule has 0 fully saturated rings. The summed E-state index contributed by atoms with van der Waals surface area (Å²) < 4.78 is 0. The van der Waals surface area contributed by atoms with E-state index in [1.807, 2.05) is 0 Å². The molecule has 0 aliphatic carbocycles. The first-order chi connectivity index (χ1) is 7.99. The largest absolute Gasteiger partial charge is 0.481 e. The van der Waals surface area contributed by atoms with E-state index in [1.165, 1.54) is 0 Å². The standard InChI is InChI=1S/C11H13ClN2O3/c12-9-3-1-7(2-4-9)8(5-10(15)16)6-14-11(13)17/h1-4,8H,5-6H2,(H,15,16)(H3,13,14,17). The van der Waals surface area contributed by atoms with Crippen molar-refractivity contribution in [3.8, 4) is 0 Å². The van der Waals surface area contributed by atoms with Gasteiger partial charge in [-0.15, -0.1) is 0 Å². The summed E-state index contributed by atoms with van der Waals surface area (Å²) in [7, 11) is 0. The van der Waals surface area contributed by atoms with Gasteiger partial charge < -0.3 is 16.2 Å². The van der Waals surface area contributed by atoms with Gasteiger partial charge in [-0.25, -0.2) is 4.79 Å². The highest BCUT2D eigenvalue weighted by molar-refractivity contribution is 6.30. The fourth-order valence-corrected chi connectivity index (χ4v) is 1.60. The zero-order valence-electron chi connectivity index (χ0n) is 9.02. The van der Waals surface area contributed by atoms with Crippen LogP contribution >= 0.6 is 11.6 Å². The lowest BCUT2D eigenvalue weighted by atomic mass is 9.96. The molecule has 0 saturated heterocycles. The van der Waals surface area contributed by atoms with Crippen LogP contribution in [0.1, 0.15) is 17.9 Å². The number of carboxylic acid groups (broad SMARTS) is 1. The van der Waals surface area contributed by atoms with Gasteiger partial charge in [-0.2, -0.15) is 0 Å². The van der Waals surface area contributed by atoms with Crippen LogP contribution < -0.4 is 11.1 Å². The van der Waals surface area contributed by atoms with Gasteiger partial charge in [0.05, 0.1) is 6.42 Å². The molecule has 1 aromatic carbocycles. The topological polar surface area (TPSA) is 92.4 Å². The van der Waals surface area contributed by atoms with Gasteiger partial charge in [-0.1, -0.05) is 23.7 Å². The molecule has 1 atom stereocenters. The van der Waals surface area contributed by atoms with E-state index in [1.54, 1.807) is 24.3 Å². The fraction of sp³-hybridized carbons (Fsp3) is 0.273.